The summed E-state index contributed by atoms with van der Waals surface area (Å²) in [5.41, 5.74) is 1.50. The van der Waals surface area contributed by atoms with Crippen molar-refractivity contribution in [1.29, 1.82) is 0 Å². The van der Waals surface area contributed by atoms with Gasteiger partial charge in [0.2, 0.25) is 0 Å². The molecular weight excluding hydrogens is 254 g/mol. The van der Waals surface area contributed by atoms with Gasteiger partial charge in [-0.3, -0.25) is 0 Å². The van der Waals surface area contributed by atoms with Gasteiger partial charge in [-0.1, -0.05) is 56.5 Å². The maximum Gasteiger partial charge on any atom is -0.00209 e. The van der Waals surface area contributed by atoms with E-state index >= 15 is 0 Å². The molecule has 0 aromatic heterocycles. The van der Waals surface area contributed by atoms with Crippen LogP contribution in [0.3, 0.4) is 0 Å². The van der Waals surface area contributed by atoms with Gasteiger partial charge in [-0.2, -0.15) is 0 Å². The molecule has 1 aromatic rings. The van der Waals surface area contributed by atoms with E-state index in [4.69, 9.17) is 0 Å². The number of nitrogens with one attached hydrogen (secondary N) is 1. The molecule has 1 N–H and O–H groups in total. The summed E-state index contributed by atoms with van der Waals surface area (Å²) in [6.07, 6.45) is 11.2. The lowest BCUT2D eigenvalue weighted by Crippen LogP contribution is -2.32. The number of hydrogen-bond donors (Lipinski definition) is 1. The quantitative estimate of drug-likeness (QED) is 0.704. The van der Waals surface area contributed by atoms with Gasteiger partial charge in [0, 0.05) is 0 Å². The summed E-state index contributed by atoms with van der Waals surface area (Å²) in [6, 6.07) is 11.0. The molecule has 1 saturated carbocycles. The molecule has 0 aliphatic heterocycles. The summed E-state index contributed by atoms with van der Waals surface area (Å²) in [5.74, 6) is 2.87. The molecule has 0 amide bonds. The molecule has 1 aromatic carbocycles. The van der Waals surface area contributed by atoms with E-state index in [0.29, 0.717) is 0 Å². The first-order chi connectivity index (χ1) is 10.3. The van der Waals surface area contributed by atoms with E-state index < -0.39 is 0 Å². The Bertz CT molecular complexity index is 373. The van der Waals surface area contributed by atoms with Crippen LogP contribution in [0, 0.1) is 17.8 Å². The van der Waals surface area contributed by atoms with Crippen molar-refractivity contribution in [3.8, 4) is 0 Å². The molecule has 0 heterocycles. The molecule has 0 radical (unpaired) electrons. The first-order valence-electron chi connectivity index (χ1n) is 9.02. The van der Waals surface area contributed by atoms with E-state index in [1.807, 2.05) is 0 Å². The van der Waals surface area contributed by atoms with Crippen molar-refractivity contribution in [3.63, 3.8) is 0 Å². The third kappa shape index (κ3) is 5.47. The molecular formula is C20H33N. The van der Waals surface area contributed by atoms with Crippen LogP contribution < -0.4 is 5.32 Å². The maximum atomic E-state index is 3.42. The molecule has 0 spiro atoms. The predicted molar refractivity (Wildman–Crippen MR) is 92.5 cm³/mol. The van der Waals surface area contributed by atoms with Gasteiger partial charge in [-0.25, -0.2) is 0 Å². The standard InChI is InChI=1S/C20H33N/c1-3-8-18-13-14-20(16-21-2)19(15-18)12-7-11-17-9-5-4-6-10-17/h4-6,9-10,18-21H,3,7-8,11-16H2,1-2H3. The van der Waals surface area contributed by atoms with Crippen LogP contribution in [0.25, 0.3) is 0 Å². The molecule has 1 aliphatic rings. The summed E-state index contributed by atoms with van der Waals surface area (Å²) in [5, 5.41) is 3.42. The molecule has 1 nitrogen and oxygen atoms in total. The van der Waals surface area contributed by atoms with Crippen molar-refractivity contribution in [2.24, 2.45) is 17.8 Å². The molecule has 21 heavy (non-hydrogen) atoms. The van der Waals surface area contributed by atoms with Crippen LogP contribution in [0.2, 0.25) is 0 Å². The van der Waals surface area contributed by atoms with Crippen LogP contribution in [0.15, 0.2) is 30.3 Å². The average molecular weight is 287 g/mol. The van der Waals surface area contributed by atoms with Gasteiger partial charge in [0.05, 0.1) is 0 Å². The number of hydrogen-bond acceptors (Lipinski definition) is 1. The van der Waals surface area contributed by atoms with Crippen LogP contribution in [0.1, 0.15) is 57.4 Å². The lowest BCUT2D eigenvalue weighted by Gasteiger charge is -2.36. The van der Waals surface area contributed by atoms with E-state index in [0.717, 1.165) is 17.8 Å². The molecule has 3 atom stereocenters. The maximum absolute atomic E-state index is 3.42. The largest absolute Gasteiger partial charge is 0.319 e. The number of aryl methyl sites for hydroxylation is 1. The summed E-state index contributed by atoms with van der Waals surface area (Å²) < 4.78 is 0. The van der Waals surface area contributed by atoms with E-state index in [1.54, 1.807) is 0 Å². The van der Waals surface area contributed by atoms with Crippen molar-refractivity contribution in [1.82, 2.24) is 5.32 Å². The van der Waals surface area contributed by atoms with E-state index in [9.17, 15) is 0 Å². The van der Waals surface area contributed by atoms with Gasteiger partial charge < -0.3 is 5.32 Å². The Morgan fingerprint density at radius 1 is 1.05 bits per heavy atom. The van der Waals surface area contributed by atoms with Gasteiger partial charge in [-0.15, -0.1) is 0 Å². The normalized spacial score (nSPS) is 25.9. The zero-order valence-corrected chi connectivity index (χ0v) is 14.0. The third-order valence-corrected chi connectivity index (χ3v) is 5.29. The second kappa shape index (κ2) is 9.25. The molecule has 118 valence electrons. The van der Waals surface area contributed by atoms with Gasteiger partial charge in [0.15, 0.2) is 0 Å². The number of rotatable bonds is 8. The van der Waals surface area contributed by atoms with E-state index in [-0.39, 0.29) is 0 Å². The fraction of sp³-hybridized carbons (Fsp3) is 0.700. The molecule has 0 saturated heterocycles. The minimum absolute atomic E-state index is 0.916. The highest BCUT2D eigenvalue weighted by molar-refractivity contribution is 5.14. The van der Waals surface area contributed by atoms with Crippen molar-refractivity contribution < 1.29 is 0 Å². The second-order valence-corrected chi connectivity index (χ2v) is 6.92. The van der Waals surface area contributed by atoms with Crippen molar-refractivity contribution >= 4 is 0 Å². The highest BCUT2D eigenvalue weighted by atomic mass is 14.8. The Morgan fingerprint density at radius 2 is 1.86 bits per heavy atom. The fourth-order valence-electron chi connectivity index (χ4n) is 4.19. The third-order valence-electron chi connectivity index (χ3n) is 5.29. The Morgan fingerprint density at radius 3 is 2.57 bits per heavy atom. The Labute approximate surface area is 131 Å². The van der Waals surface area contributed by atoms with Crippen LogP contribution in [0.4, 0.5) is 0 Å². The average Bonchev–Trinajstić information content (AvgIpc) is 2.51. The topological polar surface area (TPSA) is 12.0 Å². The Balaban J connectivity index is 1.81. The van der Waals surface area contributed by atoms with Crippen LogP contribution in [0.5, 0.6) is 0 Å². The summed E-state index contributed by atoms with van der Waals surface area (Å²) in [6.45, 7) is 3.55. The van der Waals surface area contributed by atoms with Crippen LogP contribution in [-0.2, 0) is 6.42 Å². The zero-order valence-electron chi connectivity index (χ0n) is 14.0. The molecule has 2 rings (SSSR count). The van der Waals surface area contributed by atoms with Crippen LogP contribution >= 0.6 is 0 Å². The predicted octanol–water partition coefficient (Wildman–Crippen LogP) is 5.06. The molecule has 1 aliphatic carbocycles. The van der Waals surface area contributed by atoms with E-state index in [1.165, 1.54) is 63.5 Å². The van der Waals surface area contributed by atoms with Crippen molar-refractivity contribution in [3.05, 3.63) is 35.9 Å². The molecule has 1 fully saturated rings. The second-order valence-electron chi connectivity index (χ2n) is 6.92. The van der Waals surface area contributed by atoms with Gasteiger partial charge in [0.25, 0.3) is 0 Å². The van der Waals surface area contributed by atoms with Crippen LogP contribution in [-0.4, -0.2) is 13.6 Å². The summed E-state index contributed by atoms with van der Waals surface area (Å²) >= 11 is 0. The lowest BCUT2D eigenvalue weighted by atomic mass is 9.71. The van der Waals surface area contributed by atoms with Gasteiger partial charge >= 0.3 is 0 Å². The Hall–Kier alpha value is -0.820. The first kappa shape index (κ1) is 16.5. The number of benzene rings is 1. The monoisotopic (exact) mass is 287 g/mol. The summed E-state index contributed by atoms with van der Waals surface area (Å²) in [7, 11) is 2.11. The van der Waals surface area contributed by atoms with Gasteiger partial charge in [0.1, 0.15) is 0 Å². The molecule has 0 bridgehead atoms. The highest BCUT2D eigenvalue weighted by Crippen LogP contribution is 2.38. The van der Waals surface area contributed by atoms with E-state index in [2.05, 4.69) is 49.6 Å². The summed E-state index contributed by atoms with van der Waals surface area (Å²) in [4.78, 5) is 0. The minimum Gasteiger partial charge on any atom is -0.319 e. The zero-order chi connectivity index (χ0) is 14.9. The fourth-order valence-corrected chi connectivity index (χ4v) is 4.19. The van der Waals surface area contributed by atoms with Gasteiger partial charge in [-0.05, 0) is 69.0 Å². The lowest BCUT2D eigenvalue weighted by molar-refractivity contribution is 0.159. The van der Waals surface area contributed by atoms with Crippen molar-refractivity contribution in [2.45, 2.75) is 58.3 Å². The van der Waals surface area contributed by atoms with Crippen molar-refractivity contribution in [2.75, 3.05) is 13.6 Å². The smallest absolute Gasteiger partial charge is 0.00209 e. The first-order valence-corrected chi connectivity index (χ1v) is 9.02. The SMILES string of the molecule is CCCC1CCC(CNC)C(CCCc2ccccc2)C1. The Kier molecular flexibility index (Phi) is 7.29. The molecule has 3 unspecified atom stereocenters. The highest BCUT2D eigenvalue weighted by Gasteiger charge is 2.29. The molecule has 1 heteroatoms. The minimum atomic E-state index is 0.916.